The zero-order valence-electron chi connectivity index (χ0n) is 11.9. The average molecular weight is 341 g/mol. The largest absolute Gasteiger partial charge is 0.761 e. The van der Waals surface area contributed by atoms with E-state index >= 15 is 0 Å². The molecule has 23 heavy (non-hydrogen) atoms. The molecule has 6 heteroatoms. The normalized spacial score (nSPS) is 20.8. The van der Waals surface area contributed by atoms with Crippen LogP contribution >= 0.6 is 12.2 Å². The van der Waals surface area contributed by atoms with E-state index in [2.05, 4.69) is 11.4 Å². The standard InChI is InChI=1S/C17H12FN3S2/c18-12-6-4-11(5-7-12)14-13(10-19)16(22)20-17(23)15(14)21-8-2-1-3-9-21/h1-9,14-15H,(H-,20,22,23). The number of allylic oxidation sites excluding steroid dienone is 1. The van der Waals surface area contributed by atoms with E-state index in [0.717, 1.165) is 5.56 Å². The van der Waals surface area contributed by atoms with Crippen molar-refractivity contribution in [3.8, 4) is 6.07 Å². The molecule has 0 bridgehead atoms. The lowest BCUT2D eigenvalue weighted by Crippen LogP contribution is -2.52. The average Bonchev–Trinajstić information content (AvgIpc) is 2.56. The minimum Gasteiger partial charge on any atom is -0.761 e. The molecule has 1 aromatic heterocycles. The highest BCUT2D eigenvalue weighted by atomic mass is 32.1. The summed E-state index contributed by atoms with van der Waals surface area (Å²) in [5, 5.41) is 12.8. The SMILES string of the molecule is N#CC1=C([S-])NC(=S)C([n+]2ccccc2)C1c1ccc(F)cc1. The Morgan fingerprint density at radius 3 is 2.43 bits per heavy atom. The number of hydrogen-bond acceptors (Lipinski definition) is 3. The van der Waals surface area contributed by atoms with E-state index in [9.17, 15) is 9.65 Å². The van der Waals surface area contributed by atoms with Gasteiger partial charge >= 0.3 is 0 Å². The second-order valence-corrected chi connectivity index (χ2v) is 5.99. The van der Waals surface area contributed by atoms with Gasteiger partial charge in [-0.05, 0) is 17.7 Å². The fourth-order valence-electron chi connectivity index (χ4n) is 2.75. The predicted molar refractivity (Wildman–Crippen MR) is 90.6 cm³/mol. The van der Waals surface area contributed by atoms with Crippen LogP contribution in [0.5, 0.6) is 0 Å². The van der Waals surface area contributed by atoms with Crippen LogP contribution in [-0.4, -0.2) is 4.99 Å². The summed E-state index contributed by atoms with van der Waals surface area (Å²) in [6.07, 6.45) is 3.77. The first kappa shape index (κ1) is 15.5. The fraction of sp³-hybridized carbons (Fsp3) is 0.118. The van der Waals surface area contributed by atoms with E-state index in [4.69, 9.17) is 24.8 Å². The molecule has 1 N–H and O–H groups in total. The van der Waals surface area contributed by atoms with Crippen molar-refractivity contribution in [2.24, 2.45) is 0 Å². The van der Waals surface area contributed by atoms with Crippen molar-refractivity contribution in [3.05, 3.63) is 76.8 Å². The summed E-state index contributed by atoms with van der Waals surface area (Å²) in [4.78, 5) is 0.541. The molecule has 114 valence electrons. The Morgan fingerprint density at radius 1 is 1.17 bits per heavy atom. The molecule has 0 radical (unpaired) electrons. The van der Waals surface area contributed by atoms with Gasteiger partial charge in [0.25, 0.3) is 0 Å². The van der Waals surface area contributed by atoms with Gasteiger partial charge in [0.2, 0.25) is 6.04 Å². The van der Waals surface area contributed by atoms with Gasteiger partial charge in [0.1, 0.15) is 10.8 Å². The molecule has 0 saturated carbocycles. The minimum absolute atomic E-state index is 0.294. The predicted octanol–water partition coefficient (Wildman–Crippen LogP) is 2.65. The minimum atomic E-state index is -0.353. The summed E-state index contributed by atoms with van der Waals surface area (Å²) in [7, 11) is 0. The number of halogens is 1. The smallest absolute Gasteiger partial charge is 0.219 e. The van der Waals surface area contributed by atoms with Crippen LogP contribution in [-0.2, 0) is 12.6 Å². The fourth-order valence-corrected chi connectivity index (χ4v) is 3.46. The molecule has 0 fully saturated rings. The molecule has 3 rings (SSSR count). The van der Waals surface area contributed by atoms with Crippen molar-refractivity contribution >= 4 is 29.8 Å². The molecular weight excluding hydrogens is 329 g/mol. The Bertz CT molecular complexity index is 810. The lowest BCUT2D eigenvalue weighted by molar-refractivity contribution is -0.708. The first-order valence-electron chi connectivity index (χ1n) is 6.95. The van der Waals surface area contributed by atoms with Gasteiger partial charge in [-0.15, -0.1) is 0 Å². The van der Waals surface area contributed by atoms with E-state index in [1.54, 1.807) is 12.1 Å². The number of nitrogens with zero attached hydrogens (tertiary/aromatic N) is 2. The van der Waals surface area contributed by atoms with Crippen LogP contribution in [0.25, 0.3) is 0 Å². The van der Waals surface area contributed by atoms with E-state index in [-0.39, 0.29) is 17.8 Å². The summed E-state index contributed by atoms with van der Waals surface area (Å²) in [6.45, 7) is 0. The van der Waals surface area contributed by atoms with Gasteiger partial charge in [0, 0.05) is 17.7 Å². The molecule has 2 heterocycles. The molecule has 1 aliphatic heterocycles. The molecule has 2 aromatic rings. The maximum Gasteiger partial charge on any atom is 0.219 e. The van der Waals surface area contributed by atoms with Crippen LogP contribution in [0.1, 0.15) is 17.5 Å². The van der Waals surface area contributed by atoms with Crippen molar-refractivity contribution < 1.29 is 8.96 Å². The molecule has 0 amide bonds. The first-order valence-corrected chi connectivity index (χ1v) is 7.77. The van der Waals surface area contributed by atoms with Gasteiger partial charge in [0.05, 0.1) is 12.0 Å². The summed E-state index contributed by atoms with van der Waals surface area (Å²) < 4.78 is 15.2. The van der Waals surface area contributed by atoms with Gasteiger partial charge in [-0.25, -0.2) is 4.39 Å². The number of nitriles is 1. The lowest BCUT2D eigenvalue weighted by atomic mass is 9.83. The second kappa shape index (κ2) is 6.41. The zero-order chi connectivity index (χ0) is 16.4. The highest BCUT2D eigenvalue weighted by Gasteiger charge is 2.40. The number of benzene rings is 1. The third-order valence-electron chi connectivity index (χ3n) is 3.79. The molecule has 1 aliphatic rings. The third kappa shape index (κ3) is 2.93. The maximum atomic E-state index is 13.3. The summed E-state index contributed by atoms with van der Waals surface area (Å²) >= 11 is 10.7. The van der Waals surface area contributed by atoms with E-state index in [1.807, 2.05) is 35.2 Å². The Hall–Kier alpha value is -2.36. The van der Waals surface area contributed by atoms with Gasteiger partial charge in [-0.1, -0.05) is 35.4 Å². The quantitative estimate of drug-likeness (QED) is 0.518. The molecule has 2 unspecified atom stereocenters. The number of nitrogens with one attached hydrogen (secondary N) is 1. The molecule has 0 saturated heterocycles. The molecule has 1 aromatic carbocycles. The number of thiocarbonyl (C=S) groups is 1. The van der Waals surface area contributed by atoms with Crippen molar-refractivity contribution in [3.63, 3.8) is 0 Å². The number of aromatic nitrogens is 1. The Morgan fingerprint density at radius 2 is 1.83 bits per heavy atom. The van der Waals surface area contributed by atoms with Crippen LogP contribution in [0.3, 0.4) is 0 Å². The lowest BCUT2D eigenvalue weighted by Gasteiger charge is -2.34. The number of rotatable bonds is 2. The number of pyridine rings is 1. The van der Waals surface area contributed by atoms with Crippen LogP contribution in [0.15, 0.2) is 65.5 Å². The first-order chi connectivity index (χ1) is 11.1. The Labute approximate surface area is 144 Å². The van der Waals surface area contributed by atoms with Crippen LogP contribution in [0.2, 0.25) is 0 Å². The van der Waals surface area contributed by atoms with Crippen LogP contribution in [0.4, 0.5) is 4.39 Å². The van der Waals surface area contributed by atoms with Crippen molar-refractivity contribution in [1.29, 1.82) is 5.26 Å². The zero-order valence-corrected chi connectivity index (χ0v) is 13.6. The molecule has 2 atom stereocenters. The summed E-state index contributed by atoms with van der Waals surface area (Å²) in [5.41, 5.74) is 1.23. The van der Waals surface area contributed by atoms with Gasteiger partial charge < -0.3 is 17.9 Å². The second-order valence-electron chi connectivity index (χ2n) is 5.14. The number of hydrogen-bond donors (Lipinski definition) is 1. The highest BCUT2D eigenvalue weighted by Crippen LogP contribution is 2.37. The van der Waals surface area contributed by atoms with E-state index in [1.165, 1.54) is 12.1 Å². The molecular formula is C17H12FN3S2. The van der Waals surface area contributed by atoms with Crippen molar-refractivity contribution in [2.45, 2.75) is 12.0 Å². The van der Waals surface area contributed by atoms with Gasteiger partial charge in [-0.3, -0.25) is 0 Å². The van der Waals surface area contributed by atoms with Gasteiger partial charge in [0.15, 0.2) is 12.4 Å². The van der Waals surface area contributed by atoms with Gasteiger partial charge in [-0.2, -0.15) is 9.83 Å². The monoisotopic (exact) mass is 341 g/mol. The maximum absolute atomic E-state index is 13.3. The molecule has 0 aliphatic carbocycles. The summed E-state index contributed by atoms with van der Waals surface area (Å²) in [5.74, 6) is -0.676. The van der Waals surface area contributed by atoms with E-state index < -0.39 is 0 Å². The van der Waals surface area contributed by atoms with E-state index in [0.29, 0.717) is 15.6 Å². The highest BCUT2D eigenvalue weighted by molar-refractivity contribution is 7.80. The van der Waals surface area contributed by atoms with Crippen molar-refractivity contribution in [2.75, 3.05) is 0 Å². The molecule has 0 spiro atoms. The summed E-state index contributed by atoms with van der Waals surface area (Å²) in [6, 6.07) is 13.7. The third-order valence-corrected chi connectivity index (χ3v) is 4.45. The Kier molecular flexibility index (Phi) is 4.33. The topological polar surface area (TPSA) is 39.7 Å². The van der Waals surface area contributed by atoms with Crippen LogP contribution in [0, 0.1) is 17.1 Å². The molecule has 3 nitrogen and oxygen atoms in total. The Balaban J connectivity index is 2.18. The van der Waals surface area contributed by atoms with Crippen LogP contribution < -0.4 is 9.88 Å². The van der Waals surface area contributed by atoms with Crippen molar-refractivity contribution in [1.82, 2.24) is 5.32 Å².